The zero-order valence-electron chi connectivity index (χ0n) is 21.4. The SMILES string of the molecule is CSc1cc(C)nc(SC)c1NC(=O)N(Cc1ccc(-c2ccccc2)cc1)C1CCc2ccccc21. The first-order chi connectivity index (χ1) is 18.1. The third-order valence-corrected chi connectivity index (χ3v) is 8.32. The van der Waals surface area contributed by atoms with Crippen molar-refractivity contribution in [1.29, 1.82) is 0 Å². The Kier molecular flexibility index (Phi) is 7.87. The predicted molar refractivity (Wildman–Crippen MR) is 156 cm³/mol. The van der Waals surface area contributed by atoms with Gasteiger partial charge in [0.1, 0.15) is 5.03 Å². The Bertz CT molecular complexity index is 1360. The lowest BCUT2D eigenvalue weighted by molar-refractivity contribution is 0.183. The maximum atomic E-state index is 14.0. The molecule has 0 aliphatic heterocycles. The van der Waals surface area contributed by atoms with E-state index in [9.17, 15) is 4.79 Å². The van der Waals surface area contributed by atoms with Crippen LogP contribution in [0.25, 0.3) is 11.1 Å². The molecule has 0 saturated heterocycles. The molecule has 1 aromatic heterocycles. The molecule has 1 heterocycles. The third-order valence-electron chi connectivity index (χ3n) is 6.88. The molecule has 4 nitrogen and oxygen atoms in total. The molecule has 4 aromatic rings. The zero-order chi connectivity index (χ0) is 25.8. The molecule has 1 aliphatic rings. The number of hydrogen-bond donors (Lipinski definition) is 1. The van der Waals surface area contributed by atoms with Gasteiger partial charge in [-0.2, -0.15) is 0 Å². The highest BCUT2D eigenvalue weighted by Crippen LogP contribution is 2.39. The van der Waals surface area contributed by atoms with Gasteiger partial charge in [-0.15, -0.1) is 23.5 Å². The van der Waals surface area contributed by atoms with Crippen molar-refractivity contribution in [2.75, 3.05) is 17.8 Å². The van der Waals surface area contributed by atoms with Crippen molar-refractivity contribution in [3.63, 3.8) is 0 Å². The van der Waals surface area contributed by atoms with Gasteiger partial charge in [0.15, 0.2) is 0 Å². The first kappa shape index (κ1) is 25.4. The van der Waals surface area contributed by atoms with Crippen molar-refractivity contribution in [2.45, 2.75) is 42.3 Å². The molecule has 1 aliphatic carbocycles. The number of fused-ring (bicyclic) bond motifs is 1. The van der Waals surface area contributed by atoms with Crippen LogP contribution in [-0.4, -0.2) is 28.4 Å². The fraction of sp³-hybridized carbons (Fsp3) is 0.226. The molecule has 3 aromatic carbocycles. The molecule has 5 rings (SSSR count). The van der Waals surface area contributed by atoms with Crippen molar-refractivity contribution in [1.82, 2.24) is 9.88 Å². The molecule has 0 saturated carbocycles. The number of benzene rings is 3. The zero-order valence-corrected chi connectivity index (χ0v) is 23.0. The van der Waals surface area contributed by atoms with Gasteiger partial charge >= 0.3 is 6.03 Å². The number of nitrogens with one attached hydrogen (secondary N) is 1. The van der Waals surface area contributed by atoms with Gasteiger partial charge < -0.3 is 10.2 Å². The molecule has 0 fully saturated rings. The minimum absolute atomic E-state index is 0.0267. The second kappa shape index (κ2) is 11.4. The standard InChI is InChI=1S/C31H31N3OS2/c1-21-19-28(36-2)29(30(32-21)37-3)33-31(35)34(27-18-17-25-11-7-8-12-26(25)27)20-22-13-15-24(16-14-22)23-9-5-4-6-10-23/h4-16,19,27H,17-18,20H2,1-3H3,(H,33,35). The van der Waals surface area contributed by atoms with E-state index in [2.05, 4.69) is 83.1 Å². The Labute approximate surface area is 227 Å². The van der Waals surface area contributed by atoms with E-state index in [0.717, 1.165) is 39.7 Å². The fourth-order valence-electron chi connectivity index (χ4n) is 5.03. The van der Waals surface area contributed by atoms with Crippen molar-refractivity contribution in [3.8, 4) is 11.1 Å². The van der Waals surface area contributed by atoms with E-state index in [-0.39, 0.29) is 12.1 Å². The second-order valence-electron chi connectivity index (χ2n) is 9.22. The van der Waals surface area contributed by atoms with Gasteiger partial charge in [0.05, 0.1) is 11.7 Å². The molecular weight excluding hydrogens is 494 g/mol. The highest BCUT2D eigenvalue weighted by atomic mass is 32.2. The van der Waals surface area contributed by atoms with Crippen LogP contribution in [0.1, 0.15) is 34.8 Å². The van der Waals surface area contributed by atoms with Gasteiger partial charge in [-0.25, -0.2) is 9.78 Å². The summed E-state index contributed by atoms with van der Waals surface area (Å²) in [6, 6.07) is 29.4. The number of carbonyl (C=O) groups is 1. The molecule has 0 radical (unpaired) electrons. The van der Waals surface area contributed by atoms with Gasteiger partial charge in [0.2, 0.25) is 0 Å². The summed E-state index contributed by atoms with van der Waals surface area (Å²) in [5, 5.41) is 4.10. The summed E-state index contributed by atoms with van der Waals surface area (Å²) in [6.07, 6.45) is 5.94. The molecule has 0 bridgehead atoms. The quantitative estimate of drug-likeness (QED) is 0.247. The lowest BCUT2D eigenvalue weighted by Crippen LogP contribution is -2.37. The van der Waals surface area contributed by atoms with Gasteiger partial charge in [-0.3, -0.25) is 0 Å². The number of amides is 2. The van der Waals surface area contributed by atoms with Crippen LogP contribution in [0.3, 0.4) is 0 Å². The topological polar surface area (TPSA) is 45.2 Å². The van der Waals surface area contributed by atoms with Gasteiger partial charge in [-0.1, -0.05) is 78.9 Å². The van der Waals surface area contributed by atoms with E-state index in [4.69, 9.17) is 0 Å². The van der Waals surface area contributed by atoms with Gasteiger partial charge in [0, 0.05) is 17.1 Å². The number of anilines is 1. The van der Waals surface area contributed by atoms with Crippen LogP contribution in [0, 0.1) is 6.92 Å². The first-order valence-electron chi connectivity index (χ1n) is 12.5. The molecule has 188 valence electrons. The molecule has 6 heteroatoms. The summed E-state index contributed by atoms with van der Waals surface area (Å²) < 4.78 is 0. The number of urea groups is 1. The van der Waals surface area contributed by atoms with Crippen molar-refractivity contribution < 1.29 is 4.79 Å². The molecule has 1 atom stereocenters. The van der Waals surface area contributed by atoms with Crippen LogP contribution >= 0.6 is 23.5 Å². The van der Waals surface area contributed by atoms with Crippen LogP contribution in [0.4, 0.5) is 10.5 Å². The maximum absolute atomic E-state index is 14.0. The average Bonchev–Trinajstić information content (AvgIpc) is 3.37. The Balaban J connectivity index is 1.46. The van der Waals surface area contributed by atoms with Crippen LogP contribution in [0.5, 0.6) is 0 Å². The van der Waals surface area contributed by atoms with Crippen molar-refractivity contribution in [3.05, 3.63) is 107 Å². The number of carbonyl (C=O) groups excluding carboxylic acids is 1. The summed E-state index contributed by atoms with van der Waals surface area (Å²) in [5.41, 5.74) is 7.79. The Morgan fingerprint density at radius 2 is 1.65 bits per heavy atom. The Hall–Kier alpha value is -3.22. The largest absolute Gasteiger partial charge is 0.322 e. The molecule has 1 N–H and O–H groups in total. The lowest BCUT2D eigenvalue weighted by Gasteiger charge is -2.31. The average molecular weight is 526 g/mol. The van der Waals surface area contributed by atoms with E-state index in [0.29, 0.717) is 6.54 Å². The molecule has 37 heavy (non-hydrogen) atoms. The minimum Gasteiger partial charge on any atom is -0.313 e. The van der Waals surface area contributed by atoms with E-state index < -0.39 is 0 Å². The minimum atomic E-state index is -0.0925. The number of aryl methyl sites for hydroxylation is 2. The molecular formula is C31H31N3OS2. The summed E-state index contributed by atoms with van der Waals surface area (Å²) >= 11 is 3.19. The van der Waals surface area contributed by atoms with E-state index in [1.165, 1.54) is 22.3 Å². The highest BCUT2D eigenvalue weighted by molar-refractivity contribution is 7.99. The van der Waals surface area contributed by atoms with Crippen LogP contribution < -0.4 is 5.32 Å². The first-order valence-corrected chi connectivity index (χ1v) is 14.9. The number of pyridine rings is 1. The van der Waals surface area contributed by atoms with Crippen LogP contribution in [-0.2, 0) is 13.0 Å². The van der Waals surface area contributed by atoms with Crippen LogP contribution in [0.15, 0.2) is 94.9 Å². The summed E-state index contributed by atoms with van der Waals surface area (Å²) in [6.45, 7) is 2.52. The number of nitrogens with zero attached hydrogens (tertiary/aromatic N) is 2. The number of thioether (sulfide) groups is 2. The molecule has 1 unspecified atom stereocenters. The summed E-state index contributed by atoms with van der Waals surface area (Å²) in [7, 11) is 0. The number of aromatic nitrogens is 1. The van der Waals surface area contributed by atoms with E-state index in [1.807, 2.05) is 36.5 Å². The monoisotopic (exact) mass is 525 g/mol. The van der Waals surface area contributed by atoms with Crippen molar-refractivity contribution >= 4 is 35.2 Å². The second-order valence-corrected chi connectivity index (χ2v) is 10.9. The van der Waals surface area contributed by atoms with E-state index >= 15 is 0 Å². The predicted octanol–water partition coefficient (Wildman–Crippen LogP) is 8.22. The Morgan fingerprint density at radius 1 is 0.946 bits per heavy atom. The summed E-state index contributed by atoms with van der Waals surface area (Å²) in [5.74, 6) is 0. The number of hydrogen-bond acceptors (Lipinski definition) is 4. The van der Waals surface area contributed by atoms with Gasteiger partial charge in [-0.05, 0) is 66.2 Å². The molecule has 0 spiro atoms. The van der Waals surface area contributed by atoms with Crippen molar-refractivity contribution in [2.24, 2.45) is 0 Å². The maximum Gasteiger partial charge on any atom is 0.322 e. The fourth-order valence-corrected chi connectivity index (χ4v) is 6.34. The lowest BCUT2D eigenvalue weighted by atomic mass is 10.0. The third kappa shape index (κ3) is 5.55. The Morgan fingerprint density at radius 3 is 2.38 bits per heavy atom. The smallest absolute Gasteiger partial charge is 0.313 e. The summed E-state index contributed by atoms with van der Waals surface area (Å²) in [4.78, 5) is 21.7. The van der Waals surface area contributed by atoms with E-state index in [1.54, 1.807) is 23.5 Å². The van der Waals surface area contributed by atoms with Crippen LogP contribution in [0.2, 0.25) is 0 Å². The molecule has 2 amide bonds. The van der Waals surface area contributed by atoms with Gasteiger partial charge in [0.25, 0.3) is 0 Å². The highest BCUT2D eigenvalue weighted by Gasteiger charge is 2.31. The number of rotatable bonds is 7. The normalized spacial score (nSPS) is 14.3.